The smallest absolute Gasteiger partial charge is 0.344 e. The largest absolute Gasteiger partial charge is 0.497 e. The lowest BCUT2D eigenvalue weighted by molar-refractivity contribution is -0.155. The molecule has 0 N–H and O–H groups in total. The Morgan fingerprint density at radius 3 is 2.50 bits per heavy atom. The van der Waals surface area contributed by atoms with Gasteiger partial charge in [-0.1, -0.05) is 18.2 Å². The van der Waals surface area contributed by atoms with E-state index < -0.39 is 12.1 Å². The number of anilines is 1. The Morgan fingerprint density at radius 2 is 1.77 bits per heavy atom. The monoisotopic (exact) mass is 355 g/mol. The molecule has 0 saturated carbocycles. The predicted molar refractivity (Wildman–Crippen MR) is 96.5 cm³/mol. The minimum absolute atomic E-state index is 0.229. The number of methoxy groups -OCH3 is 1. The third kappa shape index (κ3) is 3.96. The van der Waals surface area contributed by atoms with E-state index in [4.69, 9.17) is 14.2 Å². The summed E-state index contributed by atoms with van der Waals surface area (Å²) < 4.78 is 15.7. The maximum atomic E-state index is 12.6. The molecule has 6 heteroatoms. The first kappa shape index (κ1) is 17.8. The van der Waals surface area contributed by atoms with Crippen LogP contribution in [0.15, 0.2) is 48.5 Å². The zero-order valence-corrected chi connectivity index (χ0v) is 14.8. The minimum Gasteiger partial charge on any atom is -0.497 e. The second kappa shape index (κ2) is 7.91. The number of fused-ring (bicyclic) bond motifs is 1. The van der Waals surface area contributed by atoms with Crippen LogP contribution in [0, 0.1) is 0 Å². The fourth-order valence-corrected chi connectivity index (χ4v) is 2.88. The van der Waals surface area contributed by atoms with Crippen molar-refractivity contribution in [2.45, 2.75) is 19.4 Å². The van der Waals surface area contributed by atoms with Gasteiger partial charge in [0.2, 0.25) is 0 Å². The normalized spacial score (nSPS) is 13.7. The van der Waals surface area contributed by atoms with Crippen molar-refractivity contribution in [3.8, 4) is 11.5 Å². The quantitative estimate of drug-likeness (QED) is 0.745. The average Bonchev–Trinajstić information content (AvgIpc) is 3.10. The van der Waals surface area contributed by atoms with Crippen LogP contribution in [-0.2, 0) is 20.7 Å². The molecule has 0 radical (unpaired) electrons. The molecule has 0 aliphatic carbocycles. The van der Waals surface area contributed by atoms with Gasteiger partial charge < -0.3 is 19.1 Å². The molecule has 0 unspecified atom stereocenters. The highest BCUT2D eigenvalue weighted by atomic mass is 16.6. The number of ether oxygens (including phenoxy) is 3. The number of benzene rings is 2. The standard InChI is InChI=1S/C20H21NO5/c1-14(20(23)21-12-11-15-5-3-4-6-18(15)21)26-19(22)13-25-17-9-7-16(24-2)8-10-17/h3-10,14H,11-13H2,1-2H3/t14-/m0/s1. The van der Waals surface area contributed by atoms with Crippen LogP contribution in [0.2, 0.25) is 0 Å². The molecule has 0 spiro atoms. The van der Waals surface area contributed by atoms with Crippen LogP contribution in [0.1, 0.15) is 12.5 Å². The third-order valence-corrected chi connectivity index (χ3v) is 4.23. The van der Waals surface area contributed by atoms with Crippen LogP contribution < -0.4 is 14.4 Å². The lowest BCUT2D eigenvalue weighted by Gasteiger charge is -2.21. The molecule has 26 heavy (non-hydrogen) atoms. The Labute approximate surface area is 152 Å². The number of para-hydroxylation sites is 1. The van der Waals surface area contributed by atoms with E-state index in [0.29, 0.717) is 18.0 Å². The number of hydrogen-bond donors (Lipinski definition) is 0. The van der Waals surface area contributed by atoms with E-state index in [1.807, 2.05) is 24.3 Å². The first-order valence-corrected chi connectivity index (χ1v) is 8.44. The zero-order valence-electron chi connectivity index (χ0n) is 14.8. The molecule has 1 aliphatic heterocycles. The fraction of sp³-hybridized carbons (Fsp3) is 0.300. The first-order chi connectivity index (χ1) is 12.6. The van der Waals surface area contributed by atoms with Crippen molar-refractivity contribution in [3.05, 3.63) is 54.1 Å². The number of amides is 1. The van der Waals surface area contributed by atoms with Crippen LogP contribution in [-0.4, -0.2) is 38.2 Å². The van der Waals surface area contributed by atoms with E-state index in [1.54, 1.807) is 43.2 Å². The summed E-state index contributed by atoms with van der Waals surface area (Å²) in [5.74, 6) is 0.405. The van der Waals surface area contributed by atoms with Crippen molar-refractivity contribution in [2.24, 2.45) is 0 Å². The van der Waals surface area contributed by atoms with Crippen molar-refractivity contribution in [2.75, 3.05) is 25.2 Å². The number of nitrogens with zero attached hydrogens (tertiary/aromatic N) is 1. The molecule has 1 aliphatic rings. The Balaban J connectivity index is 1.51. The van der Waals surface area contributed by atoms with E-state index in [9.17, 15) is 9.59 Å². The van der Waals surface area contributed by atoms with Crippen molar-refractivity contribution in [3.63, 3.8) is 0 Å². The van der Waals surface area contributed by atoms with E-state index in [1.165, 1.54) is 0 Å². The van der Waals surface area contributed by atoms with Crippen LogP contribution >= 0.6 is 0 Å². The van der Waals surface area contributed by atoms with Gasteiger partial charge in [0, 0.05) is 12.2 Å². The second-order valence-corrected chi connectivity index (χ2v) is 5.96. The molecule has 2 aromatic carbocycles. The van der Waals surface area contributed by atoms with Crippen molar-refractivity contribution in [1.29, 1.82) is 0 Å². The number of esters is 1. The second-order valence-electron chi connectivity index (χ2n) is 5.96. The molecule has 1 amide bonds. The average molecular weight is 355 g/mol. The van der Waals surface area contributed by atoms with Crippen LogP contribution in [0.25, 0.3) is 0 Å². The molecule has 6 nitrogen and oxygen atoms in total. The molecule has 2 aromatic rings. The van der Waals surface area contributed by atoms with Crippen LogP contribution in [0.5, 0.6) is 11.5 Å². The summed E-state index contributed by atoms with van der Waals surface area (Å²) in [5.41, 5.74) is 2.01. The van der Waals surface area contributed by atoms with E-state index in [-0.39, 0.29) is 12.5 Å². The summed E-state index contributed by atoms with van der Waals surface area (Å²) in [6.45, 7) is 1.91. The highest BCUT2D eigenvalue weighted by molar-refractivity contribution is 5.99. The molecule has 3 rings (SSSR count). The number of carbonyl (C=O) groups excluding carboxylic acids is 2. The van der Waals surface area contributed by atoms with Gasteiger partial charge >= 0.3 is 5.97 Å². The first-order valence-electron chi connectivity index (χ1n) is 8.44. The van der Waals surface area contributed by atoms with Gasteiger partial charge in [-0.2, -0.15) is 0 Å². The predicted octanol–water partition coefficient (Wildman–Crippen LogP) is 2.60. The summed E-state index contributed by atoms with van der Waals surface area (Å²) in [6.07, 6.45) is -0.0588. The SMILES string of the molecule is COc1ccc(OCC(=O)O[C@@H](C)C(=O)N2CCc3ccccc32)cc1. The molecule has 0 saturated heterocycles. The summed E-state index contributed by atoms with van der Waals surface area (Å²) >= 11 is 0. The Bertz CT molecular complexity index is 787. The lowest BCUT2D eigenvalue weighted by atomic mass is 10.2. The summed E-state index contributed by atoms with van der Waals surface area (Å²) in [4.78, 5) is 26.2. The molecule has 1 atom stereocenters. The van der Waals surface area contributed by atoms with Gasteiger partial charge in [-0.25, -0.2) is 4.79 Å². The van der Waals surface area contributed by atoms with Gasteiger partial charge in [0.25, 0.3) is 5.91 Å². The van der Waals surface area contributed by atoms with E-state index in [0.717, 1.165) is 17.7 Å². The lowest BCUT2D eigenvalue weighted by Crippen LogP contribution is -2.39. The minimum atomic E-state index is -0.867. The van der Waals surface area contributed by atoms with Crippen LogP contribution in [0.4, 0.5) is 5.69 Å². The van der Waals surface area contributed by atoms with Gasteiger partial charge in [0.15, 0.2) is 12.7 Å². The van der Waals surface area contributed by atoms with Gasteiger partial charge in [-0.05, 0) is 49.2 Å². The highest BCUT2D eigenvalue weighted by Crippen LogP contribution is 2.28. The molecule has 0 aromatic heterocycles. The third-order valence-electron chi connectivity index (χ3n) is 4.23. The highest BCUT2D eigenvalue weighted by Gasteiger charge is 2.29. The maximum absolute atomic E-state index is 12.6. The molecule has 1 heterocycles. The summed E-state index contributed by atoms with van der Waals surface area (Å²) in [6, 6.07) is 14.6. The Morgan fingerprint density at radius 1 is 1.08 bits per heavy atom. The van der Waals surface area contributed by atoms with Crippen LogP contribution in [0.3, 0.4) is 0 Å². The number of carbonyl (C=O) groups is 2. The Kier molecular flexibility index (Phi) is 5.41. The van der Waals surface area contributed by atoms with Crippen molar-refractivity contribution >= 4 is 17.6 Å². The van der Waals surface area contributed by atoms with Gasteiger partial charge in [-0.15, -0.1) is 0 Å². The topological polar surface area (TPSA) is 65.1 Å². The van der Waals surface area contributed by atoms with Gasteiger partial charge in [0.05, 0.1) is 7.11 Å². The van der Waals surface area contributed by atoms with Gasteiger partial charge in [0.1, 0.15) is 11.5 Å². The summed E-state index contributed by atoms with van der Waals surface area (Å²) in [7, 11) is 1.57. The zero-order chi connectivity index (χ0) is 18.5. The molecule has 0 fully saturated rings. The Hall–Kier alpha value is -3.02. The number of hydrogen-bond acceptors (Lipinski definition) is 5. The maximum Gasteiger partial charge on any atom is 0.344 e. The van der Waals surface area contributed by atoms with Gasteiger partial charge in [-0.3, -0.25) is 4.79 Å². The van der Waals surface area contributed by atoms with Crippen molar-refractivity contribution in [1.82, 2.24) is 0 Å². The number of rotatable bonds is 6. The van der Waals surface area contributed by atoms with E-state index in [2.05, 4.69) is 0 Å². The molecule has 0 bridgehead atoms. The molecular weight excluding hydrogens is 334 g/mol. The fourth-order valence-electron chi connectivity index (χ4n) is 2.88. The molecule has 136 valence electrons. The molecular formula is C20H21NO5. The van der Waals surface area contributed by atoms with E-state index >= 15 is 0 Å². The van der Waals surface area contributed by atoms with Crippen molar-refractivity contribution < 1.29 is 23.8 Å². The summed E-state index contributed by atoms with van der Waals surface area (Å²) in [5, 5.41) is 0.